The number of carbonyl (C=O) groups excluding carboxylic acids is 2. The summed E-state index contributed by atoms with van der Waals surface area (Å²) < 4.78 is 4.89. The minimum absolute atomic E-state index is 0.348. The molecule has 0 bridgehead atoms. The number of nitrogens with zero attached hydrogens (tertiary/aromatic N) is 1. The number of halogens is 1. The zero-order valence-corrected chi connectivity index (χ0v) is 14.0. The van der Waals surface area contributed by atoms with Gasteiger partial charge >= 0.3 is 12.0 Å². The number of thiophene rings is 1. The maximum atomic E-state index is 12.6. The second-order valence-electron chi connectivity index (χ2n) is 5.11. The number of carbonyl (C=O) groups is 2. The maximum absolute atomic E-state index is 12.6. The third kappa shape index (κ3) is 3.18. The van der Waals surface area contributed by atoms with E-state index in [1.54, 1.807) is 35.6 Å². The molecule has 0 radical (unpaired) electrons. The minimum Gasteiger partial charge on any atom is -0.467 e. The van der Waals surface area contributed by atoms with Gasteiger partial charge in [-0.2, -0.15) is 0 Å². The van der Waals surface area contributed by atoms with Gasteiger partial charge in [-0.1, -0.05) is 17.7 Å². The fourth-order valence-electron chi connectivity index (χ4n) is 2.66. The van der Waals surface area contributed by atoms with Gasteiger partial charge < -0.3 is 15.0 Å². The second kappa shape index (κ2) is 6.60. The van der Waals surface area contributed by atoms with Gasteiger partial charge in [0.15, 0.2) is 6.04 Å². The summed E-state index contributed by atoms with van der Waals surface area (Å²) in [4.78, 5) is 27.4. The van der Waals surface area contributed by atoms with E-state index in [2.05, 4.69) is 5.32 Å². The Morgan fingerprint density at radius 2 is 2.22 bits per heavy atom. The third-order valence-electron chi connectivity index (χ3n) is 3.73. The maximum Gasteiger partial charge on any atom is 0.333 e. The summed E-state index contributed by atoms with van der Waals surface area (Å²) in [5, 5.41) is 5.25. The van der Waals surface area contributed by atoms with Crippen LogP contribution in [0, 0.1) is 0 Å². The normalized spacial score (nSPS) is 16.6. The zero-order valence-electron chi connectivity index (χ0n) is 12.4. The van der Waals surface area contributed by atoms with Crippen molar-refractivity contribution in [1.82, 2.24) is 4.90 Å². The van der Waals surface area contributed by atoms with Crippen LogP contribution in [0.25, 0.3) is 0 Å². The van der Waals surface area contributed by atoms with Gasteiger partial charge in [0.1, 0.15) is 0 Å². The number of esters is 1. The van der Waals surface area contributed by atoms with Gasteiger partial charge in [-0.25, -0.2) is 9.59 Å². The van der Waals surface area contributed by atoms with Crippen molar-refractivity contribution in [1.29, 1.82) is 0 Å². The number of anilines is 1. The molecular formula is C16H15ClN2O3S. The average molecular weight is 351 g/mol. The van der Waals surface area contributed by atoms with Gasteiger partial charge in [-0.05, 0) is 41.6 Å². The van der Waals surface area contributed by atoms with E-state index in [9.17, 15) is 9.59 Å². The van der Waals surface area contributed by atoms with Crippen molar-refractivity contribution >= 4 is 40.6 Å². The summed E-state index contributed by atoms with van der Waals surface area (Å²) in [7, 11) is 1.33. The fourth-order valence-corrected chi connectivity index (χ4v) is 3.76. The predicted octanol–water partition coefficient (Wildman–Crippen LogP) is 3.71. The summed E-state index contributed by atoms with van der Waals surface area (Å²) in [5.74, 6) is -0.439. The van der Waals surface area contributed by atoms with Crippen LogP contribution in [-0.4, -0.2) is 30.6 Å². The summed E-state index contributed by atoms with van der Waals surface area (Å²) in [6.45, 7) is 0.458. The van der Waals surface area contributed by atoms with E-state index in [0.717, 1.165) is 16.9 Å². The first kappa shape index (κ1) is 15.8. The monoisotopic (exact) mass is 350 g/mol. The van der Waals surface area contributed by atoms with Crippen LogP contribution in [0.5, 0.6) is 0 Å². The highest BCUT2D eigenvalue weighted by molar-refractivity contribution is 7.10. The molecule has 3 rings (SSSR count). The van der Waals surface area contributed by atoms with Crippen molar-refractivity contribution in [2.24, 2.45) is 0 Å². The zero-order chi connectivity index (χ0) is 16.4. The first-order chi connectivity index (χ1) is 11.1. The summed E-state index contributed by atoms with van der Waals surface area (Å²) in [5.41, 5.74) is 1.43. The molecule has 1 aliphatic heterocycles. The number of methoxy groups -OCH3 is 1. The number of nitrogens with one attached hydrogen (secondary N) is 1. The molecular weight excluding hydrogens is 336 g/mol. The smallest absolute Gasteiger partial charge is 0.333 e. The lowest BCUT2D eigenvalue weighted by Crippen LogP contribution is -2.45. The minimum atomic E-state index is -0.714. The van der Waals surface area contributed by atoms with Crippen molar-refractivity contribution in [2.45, 2.75) is 12.5 Å². The first-order valence-electron chi connectivity index (χ1n) is 7.07. The fraction of sp³-hybridized carbons (Fsp3) is 0.250. The average Bonchev–Trinajstić information content (AvgIpc) is 3.01. The Bertz CT molecular complexity index is 746. The van der Waals surface area contributed by atoms with Crippen LogP contribution < -0.4 is 5.32 Å². The number of amides is 2. The van der Waals surface area contributed by atoms with Crippen molar-refractivity contribution in [2.75, 3.05) is 19.0 Å². The molecule has 23 heavy (non-hydrogen) atoms. The molecule has 0 saturated carbocycles. The Morgan fingerprint density at radius 3 is 2.96 bits per heavy atom. The molecule has 120 valence electrons. The van der Waals surface area contributed by atoms with Gasteiger partial charge in [-0.15, -0.1) is 11.3 Å². The lowest BCUT2D eigenvalue weighted by atomic mass is 10.0. The number of ether oxygens (including phenoxy) is 1. The molecule has 0 aliphatic carbocycles. The number of hydrogen-bond donors (Lipinski definition) is 1. The SMILES string of the molecule is COC(=O)C1c2ccsc2CCN1C(=O)Nc1cccc(Cl)c1. The van der Waals surface area contributed by atoms with E-state index in [4.69, 9.17) is 16.3 Å². The van der Waals surface area contributed by atoms with Gasteiger partial charge in [-0.3, -0.25) is 0 Å². The topological polar surface area (TPSA) is 58.6 Å². The van der Waals surface area contributed by atoms with Crippen LogP contribution in [0.3, 0.4) is 0 Å². The molecule has 0 fully saturated rings. The molecule has 0 saturated heterocycles. The van der Waals surface area contributed by atoms with Crippen LogP contribution in [-0.2, 0) is 16.0 Å². The van der Waals surface area contributed by atoms with E-state index in [1.165, 1.54) is 12.0 Å². The number of fused-ring (bicyclic) bond motifs is 1. The summed E-state index contributed by atoms with van der Waals surface area (Å²) in [6.07, 6.45) is 0.726. The summed E-state index contributed by atoms with van der Waals surface area (Å²) in [6, 6.07) is 7.70. The van der Waals surface area contributed by atoms with E-state index in [1.807, 2.05) is 11.4 Å². The van der Waals surface area contributed by atoms with E-state index in [-0.39, 0.29) is 6.03 Å². The van der Waals surface area contributed by atoms with E-state index < -0.39 is 12.0 Å². The second-order valence-corrected chi connectivity index (χ2v) is 6.55. The molecule has 1 aliphatic rings. The lowest BCUT2D eigenvalue weighted by Gasteiger charge is -2.33. The van der Waals surface area contributed by atoms with Crippen LogP contribution in [0.4, 0.5) is 10.5 Å². The molecule has 5 nitrogen and oxygen atoms in total. The Hall–Kier alpha value is -2.05. The van der Waals surface area contributed by atoms with Crippen LogP contribution >= 0.6 is 22.9 Å². The van der Waals surface area contributed by atoms with Crippen molar-refractivity contribution in [3.05, 3.63) is 51.2 Å². The molecule has 1 aromatic carbocycles. The van der Waals surface area contributed by atoms with E-state index in [0.29, 0.717) is 17.3 Å². The molecule has 7 heteroatoms. The quantitative estimate of drug-likeness (QED) is 0.840. The van der Waals surface area contributed by atoms with E-state index >= 15 is 0 Å². The van der Waals surface area contributed by atoms with Gasteiger partial charge in [0.05, 0.1) is 7.11 Å². The highest BCUT2D eigenvalue weighted by Crippen LogP contribution is 2.34. The molecule has 1 aromatic heterocycles. The molecule has 1 unspecified atom stereocenters. The number of urea groups is 1. The van der Waals surface area contributed by atoms with Crippen molar-refractivity contribution in [3.8, 4) is 0 Å². The highest BCUT2D eigenvalue weighted by Gasteiger charge is 2.37. The van der Waals surface area contributed by atoms with Gasteiger partial charge in [0, 0.05) is 22.1 Å². The Morgan fingerprint density at radius 1 is 1.39 bits per heavy atom. The number of hydrogen-bond acceptors (Lipinski definition) is 4. The number of benzene rings is 1. The van der Waals surface area contributed by atoms with Gasteiger partial charge in [0.25, 0.3) is 0 Å². The molecule has 2 heterocycles. The Balaban J connectivity index is 1.85. The third-order valence-corrected chi connectivity index (χ3v) is 4.96. The van der Waals surface area contributed by atoms with Crippen LogP contribution in [0.2, 0.25) is 5.02 Å². The van der Waals surface area contributed by atoms with Crippen molar-refractivity contribution in [3.63, 3.8) is 0 Å². The summed E-state index contributed by atoms with van der Waals surface area (Å²) >= 11 is 7.52. The molecule has 2 aromatic rings. The lowest BCUT2D eigenvalue weighted by molar-refractivity contribution is -0.146. The standard InChI is InChI=1S/C16H15ClN2O3S/c1-22-15(20)14-12-6-8-23-13(12)5-7-19(14)16(21)18-11-4-2-3-10(17)9-11/h2-4,6,8-9,14H,5,7H2,1H3,(H,18,21). The first-order valence-corrected chi connectivity index (χ1v) is 8.33. The number of rotatable bonds is 2. The molecule has 1 atom stereocenters. The highest BCUT2D eigenvalue weighted by atomic mass is 35.5. The Labute approximate surface area is 142 Å². The van der Waals surface area contributed by atoms with Crippen LogP contribution in [0.15, 0.2) is 35.7 Å². The molecule has 0 spiro atoms. The van der Waals surface area contributed by atoms with Gasteiger partial charge in [0.2, 0.25) is 0 Å². The predicted molar refractivity (Wildman–Crippen MR) is 90.0 cm³/mol. The van der Waals surface area contributed by atoms with Crippen LogP contribution in [0.1, 0.15) is 16.5 Å². The molecule has 2 amide bonds. The Kier molecular flexibility index (Phi) is 4.54. The largest absolute Gasteiger partial charge is 0.467 e. The van der Waals surface area contributed by atoms with Crippen molar-refractivity contribution < 1.29 is 14.3 Å². The molecule has 1 N–H and O–H groups in total.